The minimum atomic E-state index is -4.95. The van der Waals surface area contributed by atoms with E-state index in [1.165, 1.54) is 0 Å². The average Bonchev–Trinajstić information content (AvgIpc) is 3.30. The van der Waals surface area contributed by atoms with Crippen LogP contribution in [0.5, 0.6) is 0 Å². The number of nitrogens with zero attached hydrogens (tertiary/aromatic N) is 3. The summed E-state index contributed by atoms with van der Waals surface area (Å²) in [5.41, 5.74) is -3.12. The van der Waals surface area contributed by atoms with Crippen LogP contribution in [0.1, 0.15) is 91.7 Å². The quantitative estimate of drug-likeness (QED) is 0.255. The average molecular weight is 632 g/mol. The summed E-state index contributed by atoms with van der Waals surface area (Å²) in [6.45, 7) is 5.16. The summed E-state index contributed by atoms with van der Waals surface area (Å²) in [7, 11) is 0. The third kappa shape index (κ3) is 5.31. The fraction of sp³-hybridized carbons (Fsp3) is 0.586. The lowest BCUT2D eigenvalue weighted by Crippen LogP contribution is -2.44. The smallest absolute Gasteiger partial charge is 0.433 e. The van der Waals surface area contributed by atoms with Crippen molar-refractivity contribution in [3.05, 3.63) is 51.0 Å². The molecule has 3 aliphatic carbocycles. The monoisotopic (exact) mass is 631 g/mol. The van der Waals surface area contributed by atoms with Crippen molar-refractivity contribution in [3.63, 3.8) is 0 Å². The number of benzene rings is 1. The van der Waals surface area contributed by atoms with Crippen LogP contribution in [0.3, 0.4) is 0 Å². The van der Waals surface area contributed by atoms with Crippen molar-refractivity contribution in [2.75, 3.05) is 6.54 Å². The van der Waals surface area contributed by atoms with Gasteiger partial charge < -0.3 is 10.0 Å². The van der Waals surface area contributed by atoms with Crippen molar-refractivity contribution < 1.29 is 37.1 Å². The maximum atomic E-state index is 14.6. The predicted octanol–water partition coefficient (Wildman–Crippen LogP) is 7.31. The molecule has 0 aliphatic heterocycles. The van der Waals surface area contributed by atoms with Crippen molar-refractivity contribution in [1.29, 1.82) is 0 Å². The number of hydrogen-bond acceptors (Lipinski definition) is 4. The molecule has 228 valence electrons. The minimum Gasteiger partial charge on any atom is -0.481 e. The lowest BCUT2D eigenvalue weighted by atomic mass is 9.74. The largest absolute Gasteiger partial charge is 0.481 e. The van der Waals surface area contributed by atoms with Crippen LogP contribution >= 0.6 is 23.2 Å². The molecule has 5 rings (SSSR count). The van der Waals surface area contributed by atoms with Crippen LogP contribution in [-0.4, -0.2) is 50.0 Å². The van der Waals surface area contributed by atoms with E-state index in [1.807, 2.05) is 0 Å². The van der Waals surface area contributed by atoms with Gasteiger partial charge in [-0.1, -0.05) is 37.0 Å². The molecule has 0 radical (unpaired) electrons. The number of carbonyl (C=O) groups excluding carboxylic acids is 2. The number of carboxylic acid groups (broad SMARTS) is 1. The van der Waals surface area contributed by atoms with E-state index >= 15 is 0 Å². The molecule has 42 heavy (non-hydrogen) atoms. The molecule has 1 heterocycles. The summed E-state index contributed by atoms with van der Waals surface area (Å²) in [6, 6.07) is 0.567. The lowest BCUT2D eigenvalue weighted by molar-refractivity contribution is -0.152. The van der Waals surface area contributed by atoms with Crippen LogP contribution < -0.4 is 0 Å². The molecule has 2 aromatic rings. The zero-order valence-electron chi connectivity index (χ0n) is 23.3. The molecule has 7 nitrogen and oxygen atoms in total. The molecule has 13 heteroatoms. The van der Waals surface area contributed by atoms with Gasteiger partial charge in [0.05, 0.1) is 45.4 Å². The first kappa shape index (κ1) is 30.8. The normalized spacial score (nSPS) is 28.3. The maximum absolute atomic E-state index is 14.6. The second-order valence-corrected chi connectivity index (χ2v) is 13.5. The van der Waals surface area contributed by atoms with Crippen molar-refractivity contribution in [2.24, 2.45) is 22.7 Å². The van der Waals surface area contributed by atoms with Gasteiger partial charge in [-0.05, 0) is 74.8 Å². The summed E-state index contributed by atoms with van der Waals surface area (Å²) in [5.74, 6) is -2.96. The van der Waals surface area contributed by atoms with Crippen LogP contribution in [0, 0.1) is 28.5 Å². The van der Waals surface area contributed by atoms with Gasteiger partial charge in [0.25, 0.3) is 5.91 Å². The van der Waals surface area contributed by atoms with Crippen LogP contribution in [0.25, 0.3) is 0 Å². The standard InChI is InChI=1S/C29H31Cl2F4N3O4/c1-27(2)18-10-16(11-19(18)27)37(13-22(39)23-20(30)8-14(32)9-21(23)31)25(40)17-12-36-38(24(17)29(33,34)35)15-4-6-28(3,7-5-15)26(41)42/h8-9,12,15-16,18-19H,4-7,10-11,13H2,1-3H3,(H,41,42)/t15?,16?,18-,19+,28?. The Morgan fingerprint density at radius 1 is 1.07 bits per heavy atom. The number of ketones is 1. The van der Waals surface area contributed by atoms with Gasteiger partial charge in [0.1, 0.15) is 5.82 Å². The number of carbonyl (C=O) groups is 3. The summed E-state index contributed by atoms with van der Waals surface area (Å²) >= 11 is 12.2. The number of Topliss-reactive ketones (excluding diaryl/α,β-unsaturated/α-hetero) is 1. The molecule has 3 atom stereocenters. The van der Waals surface area contributed by atoms with E-state index in [0.29, 0.717) is 12.8 Å². The van der Waals surface area contributed by atoms with Gasteiger partial charge >= 0.3 is 12.1 Å². The number of aliphatic carboxylic acids is 1. The van der Waals surface area contributed by atoms with Crippen LogP contribution in [0.2, 0.25) is 10.0 Å². The fourth-order valence-electron chi connectivity index (χ4n) is 7.07. The summed E-state index contributed by atoms with van der Waals surface area (Å²) < 4.78 is 58.2. The van der Waals surface area contributed by atoms with Crippen LogP contribution in [0.4, 0.5) is 17.6 Å². The molecule has 1 unspecified atom stereocenters. The Hall–Kier alpha value is -2.66. The molecule has 1 amide bonds. The van der Waals surface area contributed by atoms with Gasteiger partial charge in [-0.25, -0.2) is 4.39 Å². The second kappa shape index (κ2) is 10.5. The molecule has 3 fully saturated rings. The number of aromatic nitrogens is 2. The summed E-state index contributed by atoms with van der Waals surface area (Å²) in [4.78, 5) is 40.2. The molecule has 1 N–H and O–H groups in total. The van der Waals surface area contributed by atoms with Crippen molar-refractivity contribution in [3.8, 4) is 0 Å². The maximum Gasteiger partial charge on any atom is 0.433 e. The Labute approximate surface area is 250 Å². The van der Waals surface area contributed by atoms with Crippen molar-refractivity contribution in [1.82, 2.24) is 14.7 Å². The van der Waals surface area contributed by atoms with E-state index in [4.69, 9.17) is 23.2 Å². The number of alkyl halides is 3. The summed E-state index contributed by atoms with van der Waals surface area (Å²) in [6.07, 6.45) is -2.42. The SMILES string of the molecule is CC1(C(=O)O)CCC(n2ncc(C(=O)N(CC(=O)c3c(Cl)cc(F)cc3Cl)C3C[C@@H]4[C@H](C3)C4(C)C)c2C(F)(F)F)CC1. The van der Waals surface area contributed by atoms with Gasteiger partial charge in [-0.3, -0.25) is 19.1 Å². The molecule has 0 spiro atoms. The van der Waals surface area contributed by atoms with Gasteiger partial charge in [0.2, 0.25) is 0 Å². The molecular formula is C29H31Cl2F4N3O4. The Morgan fingerprint density at radius 2 is 1.62 bits per heavy atom. The van der Waals surface area contributed by atoms with Gasteiger partial charge in [-0.2, -0.15) is 18.3 Å². The van der Waals surface area contributed by atoms with Crippen molar-refractivity contribution in [2.45, 2.75) is 77.6 Å². The molecule has 1 aromatic carbocycles. The molecule has 3 saturated carbocycles. The highest BCUT2D eigenvalue weighted by Crippen LogP contribution is 2.67. The first-order valence-corrected chi connectivity index (χ1v) is 14.6. The van der Waals surface area contributed by atoms with E-state index in [1.54, 1.807) is 6.92 Å². The fourth-order valence-corrected chi connectivity index (χ4v) is 7.74. The van der Waals surface area contributed by atoms with E-state index in [0.717, 1.165) is 27.9 Å². The van der Waals surface area contributed by atoms with E-state index in [2.05, 4.69) is 18.9 Å². The minimum absolute atomic E-state index is 0.0479. The number of hydrogen-bond donors (Lipinski definition) is 1. The Bertz CT molecular complexity index is 1410. The highest BCUT2D eigenvalue weighted by molar-refractivity contribution is 6.40. The van der Waals surface area contributed by atoms with Crippen molar-refractivity contribution >= 4 is 40.9 Å². The van der Waals surface area contributed by atoms with Gasteiger partial charge in [0.15, 0.2) is 11.5 Å². The highest BCUT2D eigenvalue weighted by Gasteiger charge is 2.63. The van der Waals surface area contributed by atoms with Gasteiger partial charge in [0, 0.05) is 6.04 Å². The molecule has 0 bridgehead atoms. The molecule has 3 aliphatic rings. The zero-order valence-corrected chi connectivity index (χ0v) is 24.8. The number of halogens is 6. The van der Waals surface area contributed by atoms with E-state index in [9.17, 15) is 37.1 Å². The third-order valence-electron chi connectivity index (χ3n) is 9.86. The molecular weight excluding hydrogens is 601 g/mol. The van der Waals surface area contributed by atoms with Gasteiger partial charge in [-0.15, -0.1) is 0 Å². The first-order chi connectivity index (χ1) is 19.5. The summed E-state index contributed by atoms with van der Waals surface area (Å²) in [5, 5.41) is 13.0. The van der Waals surface area contributed by atoms with E-state index in [-0.39, 0.29) is 58.5 Å². The number of fused-ring (bicyclic) bond motifs is 1. The Kier molecular flexibility index (Phi) is 7.70. The number of carboxylic acids is 1. The molecule has 1 aromatic heterocycles. The van der Waals surface area contributed by atoms with Crippen LogP contribution in [-0.2, 0) is 11.0 Å². The predicted molar refractivity (Wildman–Crippen MR) is 146 cm³/mol. The highest BCUT2D eigenvalue weighted by atomic mass is 35.5. The number of rotatable bonds is 7. The first-order valence-electron chi connectivity index (χ1n) is 13.8. The van der Waals surface area contributed by atoms with Crippen LogP contribution in [0.15, 0.2) is 18.3 Å². The number of amides is 1. The zero-order chi connectivity index (χ0) is 30.9. The topological polar surface area (TPSA) is 92.5 Å². The van der Waals surface area contributed by atoms with E-state index < -0.39 is 65.0 Å². The second-order valence-electron chi connectivity index (χ2n) is 12.7. The Morgan fingerprint density at radius 3 is 2.12 bits per heavy atom. The third-order valence-corrected chi connectivity index (χ3v) is 10.5. The lowest BCUT2D eigenvalue weighted by Gasteiger charge is -2.35. The Balaban J connectivity index is 1.48. The molecule has 0 saturated heterocycles.